The number of hydrogen-bond acceptors (Lipinski definition) is 5. The molecule has 0 aromatic heterocycles. The van der Waals surface area contributed by atoms with E-state index in [0.717, 1.165) is 17.8 Å². The molecule has 12 heteroatoms. The van der Waals surface area contributed by atoms with Crippen LogP contribution in [0.2, 0.25) is 0 Å². The van der Waals surface area contributed by atoms with Gasteiger partial charge in [0.2, 0.25) is 0 Å². The lowest BCUT2D eigenvalue weighted by Gasteiger charge is -2.17. The summed E-state index contributed by atoms with van der Waals surface area (Å²) < 4.78 is 89.4. The van der Waals surface area contributed by atoms with Gasteiger partial charge >= 0.3 is 12.4 Å². The van der Waals surface area contributed by atoms with Gasteiger partial charge in [-0.05, 0) is 47.7 Å². The summed E-state index contributed by atoms with van der Waals surface area (Å²) in [5, 5.41) is -0.198. The third-order valence-corrected chi connectivity index (χ3v) is 5.80. The van der Waals surface area contributed by atoms with Crippen molar-refractivity contribution in [2.45, 2.75) is 19.0 Å². The number of carbonyl (C=O) groups excluding carboxylic acids is 1. The van der Waals surface area contributed by atoms with Gasteiger partial charge in [-0.1, -0.05) is 12.1 Å². The molecule has 0 spiro atoms. The van der Waals surface area contributed by atoms with Crippen LogP contribution in [0.1, 0.15) is 22.3 Å². The van der Waals surface area contributed by atoms with Crippen molar-refractivity contribution in [1.82, 2.24) is 4.90 Å². The first-order chi connectivity index (χ1) is 15.8. The maximum absolute atomic E-state index is 13.4. The van der Waals surface area contributed by atoms with Crippen LogP contribution in [0.4, 0.5) is 31.1 Å². The Balaban J connectivity index is 1.86. The van der Waals surface area contributed by atoms with E-state index in [-0.39, 0.29) is 22.8 Å². The Morgan fingerprint density at radius 2 is 1.74 bits per heavy atom. The van der Waals surface area contributed by atoms with Gasteiger partial charge in [-0.15, -0.1) is 0 Å². The fraction of sp³-hybridized carbons (Fsp3) is 0.273. The lowest BCUT2D eigenvalue weighted by atomic mass is 10.0. The third-order valence-electron chi connectivity index (χ3n) is 4.83. The van der Waals surface area contributed by atoms with Gasteiger partial charge in [0.25, 0.3) is 5.24 Å². The van der Waals surface area contributed by atoms with Crippen LogP contribution in [0, 0.1) is 0 Å². The number of rotatable bonds is 5. The molecule has 3 rings (SSSR count). The highest BCUT2D eigenvalue weighted by Crippen LogP contribution is 2.39. The van der Waals surface area contributed by atoms with Crippen molar-refractivity contribution in [1.29, 1.82) is 0 Å². The molecule has 0 saturated carbocycles. The van der Waals surface area contributed by atoms with Crippen LogP contribution in [0.15, 0.2) is 46.3 Å². The van der Waals surface area contributed by atoms with Crippen LogP contribution in [0.5, 0.6) is 11.5 Å². The predicted octanol–water partition coefficient (Wildman–Crippen LogP) is 6.48. The van der Waals surface area contributed by atoms with Gasteiger partial charge in [0.1, 0.15) is 12.4 Å². The van der Waals surface area contributed by atoms with Crippen LogP contribution < -0.4 is 9.47 Å². The predicted molar refractivity (Wildman–Crippen MR) is 116 cm³/mol. The first kappa shape index (κ1) is 25.5. The first-order valence-electron chi connectivity index (χ1n) is 9.57. The Kier molecular flexibility index (Phi) is 7.20. The standard InChI is InChI=1S/C22H18F6N2O3S/c1-29-19-18(34-20(31)30(19)2)9-12-4-7-16(17(8-12)32-3)33-11-13-5-6-14(21(23,24)25)10-15(13)22(26,27)28/h4-10H,11H2,1-3H3/b18-9-,29-19+. The van der Waals surface area contributed by atoms with E-state index >= 15 is 0 Å². The molecule has 34 heavy (non-hydrogen) atoms. The van der Waals surface area contributed by atoms with Crippen molar-refractivity contribution in [2.24, 2.45) is 4.99 Å². The van der Waals surface area contributed by atoms with Gasteiger partial charge in [0.05, 0.1) is 23.1 Å². The van der Waals surface area contributed by atoms with Gasteiger partial charge in [-0.25, -0.2) is 0 Å². The molecule has 0 radical (unpaired) electrons. The normalized spacial score (nSPS) is 17.1. The zero-order valence-electron chi connectivity index (χ0n) is 18.0. The number of amidine groups is 1. The molecule has 0 N–H and O–H groups in total. The van der Waals surface area contributed by atoms with E-state index in [0.29, 0.717) is 22.4 Å². The molecule has 1 aliphatic rings. The van der Waals surface area contributed by atoms with Crippen LogP contribution in [-0.4, -0.2) is 37.2 Å². The monoisotopic (exact) mass is 504 g/mol. The zero-order valence-corrected chi connectivity index (χ0v) is 18.9. The number of benzene rings is 2. The summed E-state index contributed by atoms with van der Waals surface area (Å²) in [4.78, 5) is 18.0. The highest BCUT2D eigenvalue weighted by Gasteiger charge is 2.38. The quantitative estimate of drug-likeness (QED) is 0.438. The minimum absolute atomic E-state index is 0.0651. The summed E-state index contributed by atoms with van der Waals surface area (Å²) in [7, 11) is 4.47. The van der Waals surface area contributed by atoms with E-state index in [9.17, 15) is 31.1 Å². The second-order valence-corrected chi connectivity index (χ2v) is 8.04. The Morgan fingerprint density at radius 3 is 2.32 bits per heavy atom. The number of nitrogens with zero attached hydrogens (tertiary/aromatic N) is 2. The summed E-state index contributed by atoms with van der Waals surface area (Å²) in [6.07, 6.45) is -8.22. The summed E-state index contributed by atoms with van der Waals surface area (Å²) in [6.45, 7) is -0.633. The van der Waals surface area contributed by atoms with E-state index in [2.05, 4.69) is 4.99 Å². The molecule has 2 aromatic rings. The van der Waals surface area contributed by atoms with E-state index in [4.69, 9.17) is 9.47 Å². The van der Waals surface area contributed by atoms with E-state index in [1.54, 1.807) is 32.3 Å². The maximum Gasteiger partial charge on any atom is 0.416 e. The summed E-state index contributed by atoms with van der Waals surface area (Å²) in [5.74, 6) is 0.762. The molecule has 0 atom stereocenters. The number of aliphatic imine (C=N–C) groups is 1. The molecule has 1 saturated heterocycles. The lowest BCUT2D eigenvalue weighted by molar-refractivity contribution is -0.143. The number of halogens is 6. The number of ether oxygens (including phenoxy) is 2. The second kappa shape index (κ2) is 9.61. The highest BCUT2D eigenvalue weighted by atomic mass is 32.2. The van der Waals surface area contributed by atoms with Crippen LogP contribution in [0.25, 0.3) is 6.08 Å². The van der Waals surface area contributed by atoms with Crippen molar-refractivity contribution < 1.29 is 40.6 Å². The Hall–Kier alpha value is -3.15. The SMILES string of the molecule is C/N=C1\C(=C\c2ccc(OCc3ccc(C(F)(F)F)cc3C(F)(F)F)c(OC)c2)SC(=O)N1C. The molecule has 1 aliphatic heterocycles. The minimum Gasteiger partial charge on any atom is -0.493 e. The number of amides is 1. The smallest absolute Gasteiger partial charge is 0.416 e. The van der Waals surface area contributed by atoms with Gasteiger partial charge < -0.3 is 9.47 Å². The van der Waals surface area contributed by atoms with Crippen LogP contribution >= 0.6 is 11.8 Å². The number of carbonyl (C=O) groups is 1. The molecule has 0 bridgehead atoms. The topological polar surface area (TPSA) is 51.1 Å². The molecule has 0 aliphatic carbocycles. The molecule has 5 nitrogen and oxygen atoms in total. The summed E-state index contributed by atoms with van der Waals surface area (Å²) >= 11 is 0.992. The van der Waals surface area contributed by atoms with Crippen molar-refractivity contribution in [3.63, 3.8) is 0 Å². The average molecular weight is 504 g/mol. The third kappa shape index (κ3) is 5.49. The zero-order chi connectivity index (χ0) is 25.3. The van der Waals surface area contributed by atoms with Gasteiger partial charge in [-0.2, -0.15) is 26.3 Å². The van der Waals surface area contributed by atoms with Gasteiger partial charge in [0, 0.05) is 19.7 Å². The van der Waals surface area contributed by atoms with E-state index in [1.807, 2.05) is 0 Å². The Labute approximate surface area is 195 Å². The van der Waals surface area contributed by atoms with Crippen molar-refractivity contribution >= 4 is 28.9 Å². The van der Waals surface area contributed by atoms with Crippen molar-refractivity contribution in [3.8, 4) is 11.5 Å². The summed E-state index contributed by atoms with van der Waals surface area (Å²) in [5.41, 5.74) is -2.67. The number of methoxy groups -OCH3 is 1. The average Bonchev–Trinajstić information content (AvgIpc) is 3.03. The van der Waals surface area contributed by atoms with Crippen LogP contribution in [0.3, 0.4) is 0 Å². The van der Waals surface area contributed by atoms with E-state index < -0.39 is 35.6 Å². The number of thioether (sulfide) groups is 1. The Morgan fingerprint density at radius 1 is 1.03 bits per heavy atom. The molecule has 1 heterocycles. The second-order valence-electron chi connectivity index (χ2n) is 7.05. The molecular weight excluding hydrogens is 486 g/mol. The largest absolute Gasteiger partial charge is 0.493 e. The molecule has 0 unspecified atom stereocenters. The lowest BCUT2D eigenvalue weighted by Crippen LogP contribution is -2.22. The molecule has 1 amide bonds. The van der Waals surface area contributed by atoms with Gasteiger partial charge in [-0.3, -0.25) is 14.7 Å². The molecule has 182 valence electrons. The first-order valence-corrected chi connectivity index (χ1v) is 10.4. The van der Waals surface area contributed by atoms with Gasteiger partial charge in [0.15, 0.2) is 11.5 Å². The number of hydrogen-bond donors (Lipinski definition) is 0. The number of likely N-dealkylation sites (N-methyl/N-ethyl adjacent to an activating group) is 1. The molecule has 2 aromatic carbocycles. The molecule has 1 fully saturated rings. The van der Waals surface area contributed by atoms with Crippen molar-refractivity contribution in [2.75, 3.05) is 21.2 Å². The minimum atomic E-state index is -5.00. The highest BCUT2D eigenvalue weighted by molar-refractivity contribution is 8.18. The molecular formula is C22H18F6N2O3S. The number of alkyl halides is 6. The summed E-state index contributed by atoms with van der Waals surface area (Å²) in [6, 6.07) is 5.99. The fourth-order valence-corrected chi connectivity index (χ4v) is 4.08. The van der Waals surface area contributed by atoms with Crippen molar-refractivity contribution in [3.05, 3.63) is 63.6 Å². The van der Waals surface area contributed by atoms with E-state index in [1.165, 1.54) is 18.1 Å². The Bertz CT molecular complexity index is 1160. The van der Waals surface area contributed by atoms with Crippen LogP contribution in [-0.2, 0) is 19.0 Å². The maximum atomic E-state index is 13.4. The fourth-order valence-electron chi connectivity index (χ4n) is 3.16.